The summed E-state index contributed by atoms with van der Waals surface area (Å²) < 4.78 is 5.60. The van der Waals surface area contributed by atoms with Crippen molar-refractivity contribution in [3.8, 4) is 0 Å². The van der Waals surface area contributed by atoms with Crippen molar-refractivity contribution in [2.24, 2.45) is 0 Å². The highest BCUT2D eigenvalue weighted by atomic mass is 35.5. The molecule has 0 saturated carbocycles. The first-order chi connectivity index (χ1) is 8.72. The van der Waals surface area contributed by atoms with Gasteiger partial charge in [-0.2, -0.15) is 0 Å². The third kappa shape index (κ3) is 2.38. The van der Waals surface area contributed by atoms with Gasteiger partial charge in [0, 0.05) is 23.9 Å². The highest BCUT2D eigenvalue weighted by Gasteiger charge is 2.41. The molecule has 0 radical (unpaired) electrons. The molecule has 4 heteroatoms. The molecule has 3 rings (SSSR count). The number of piperidine rings is 1. The van der Waals surface area contributed by atoms with Gasteiger partial charge >= 0.3 is 5.97 Å². The van der Waals surface area contributed by atoms with E-state index in [1.54, 1.807) is 12.1 Å². The normalized spacial score (nSPS) is 34.3. The second-order valence-corrected chi connectivity index (χ2v) is 5.70. The standard InChI is InChI=1S/C14H16ClNO2/c15-10-6-11-8-13(12(7-10)16-11)18-14(17)9-4-2-1-3-5-9/h1-5,10-13,16H,6-8H2. The van der Waals surface area contributed by atoms with E-state index in [0.717, 1.165) is 19.3 Å². The van der Waals surface area contributed by atoms with Gasteiger partial charge in [0.05, 0.1) is 5.56 Å². The minimum atomic E-state index is -0.235. The summed E-state index contributed by atoms with van der Waals surface area (Å²) >= 11 is 6.18. The minimum Gasteiger partial charge on any atom is -0.457 e. The van der Waals surface area contributed by atoms with Crippen molar-refractivity contribution < 1.29 is 9.53 Å². The largest absolute Gasteiger partial charge is 0.457 e. The predicted molar refractivity (Wildman–Crippen MR) is 69.8 cm³/mol. The maximum absolute atomic E-state index is 12.0. The van der Waals surface area contributed by atoms with Gasteiger partial charge in [0.15, 0.2) is 0 Å². The summed E-state index contributed by atoms with van der Waals surface area (Å²) in [7, 11) is 0. The lowest BCUT2D eigenvalue weighted by atomic mass is 10.1. The van der Waals surface area contributed by atoms with E-state index in [1.165, 1.54) is 0 Å². The van der Waals surface area contributed by atoms with E-state index in [2.05, 4.69) is 5.32 Å². The van der Waals surface area contributed by atoms with Gasteiger partial charge in [0.1, 0.15) is 6.10 Å². The summed E-state index contributed by atoms with van der Waals surface area (Å²) in [6.45, 7) is 0. The zero-order valence-electron chi connectivity index (χ0n) is 10.0. The summed E-state index contributed by atoms with van der Waals surface area (Å²) in [4.78, 5) is 12.0. The molecule has 4 atom stereocenters. The van der Waals surface area contributed by atoms with Crippen molar-refractivity contribution in [2.45, 2.75) is 42.8 Å². The third-order valence-corrected chi connectivity index (χ3v) is 4.09. The van der Waals surface area contributed by atoms with Gasteiger partial charge in [0.2, 0.25) is 0 Å². The second-order valence-electron chi connectivity index (χ2n) is 5.08. The summed E-state index contributed by atoms with van der Waals surface area (Å²) in [5, 5.41) is 3.68. The molecule has 0 amide bonds. The lowest BCUT2D eigenvalue weighted by Gasteiger charge is -2.26. The third-order valence-electron chi connectivity index (χ3n) is 3.73. The van der Waals surface area contributed by atoms with E-state index >= 15 is 0 Å². The quantitative estimate of drug-likeness (QED) is 0.659. The monoisotopic (exact) mass is 265 g/mol. The fourth-order valence-corrected chi connectivity index (χ4v) is 3.30. The Hall–Kier alpha value is -1.06. The van der Waals surface area contributed by atoms with Crippen LogP contribution in [0.1, 0.15) is 29.6 Å². The van der Waals surface area contributed by atoms with Crippen LogP contribution in [-0.2, 0) is 4.74 Å². The number of hydrogen-bond acceptors (Lipinski definition) is 3. The Morgan fingerprint density at radius 3 is 2.78 bits per heavy atom. The van der Waals surface area contributed by atoms with Gasteiger partial charge in [-0.25, -0.2) is 4.79 Å². The number of carbonyl (C=O) groups excluding carboxylic acids is 1. The Balaban J connectivity index is 1.66. The van der Waals surface area contributed by atoms with Crippen LogP contribution in [0.5, 0.6) is 0 Å². The van der Waals surface area contributed by atoms with E-state index < -0.39 is 0 Å². The number of hydrogen-bond donors (Lipinski definition) is 1. The van der Waals surface area contributed by atoms with Crippen molar-refractivity contribution in [3.63, 3.8) is 0 Å². The zero-order valence-corrected chi connectivity index (χ0v) is 10.8. The van der Waals surface area contributed by atoms with Crippen LogP contribution < -0.4 is 5.32 Å². The van der Waals surface area contributed by atoms with E-state index in [9.17, 15) is 4.79 Å². The second kappa shape index (κ2) is 4.90. The molecule has 1 aromatic rings. The first-order valence-electron chi connectivity index (χ1n) is 6.38. The van der Waals surface area contributed by atoms with Crippen LogP contribution in [0.3, 0.4) is 0 Å². The molecular formula is C14H16ClNO2. The fourth-order valence-electron chi connectivity index (χ4n) is 2.90. The smallest absolute Gasteiger partial charge is 0.338 e. The maximum atomic E-state index is 12.0. The van der Waals surface area contributed by atoms with Crippen molar-refractivity contribution in [3.05, 3.63) is 35.9 Å². The highest BCUT2D eigenvalue weighted by molar-refractivity contribution is 6.20. The Morgan fingerprint density at radius 2 is 2.00 bits per heavy atom. The number of ether oxygens (including phenoxy) is 1. The molecular weight excluding hydrogens is 250 g/mol. The number of halogens is 1. The Labute approximate surface area is 111 Å². The molecule has 1 aromatic carbocycles. The Kier molecular flexibility index (Phi) is 3.27. The summed E-state index contributed by atoms with van der Waals surface area (Å²) in [5.74, 6) is -0.235. The van der Waals surface area contributed by atoms with Crippen LogP contribution in [-0.4, -0.2) is 29.5 Å². The van der Waals surface area contributed by atoms with Crippen LogP contribution in [0.2, 0.25) is 0 Å². The zero-order chi connectivity index (χ0) is 12.5. The average Bonchev–Trinajstić information content (AvgIpc) is 2.65. The Bertz CT molecular complexity index is 437. The van der Waals surface area contributed by atoms with E-state index in [0.29, 0.717) is 11.6 Å². The van der Waals surface area contributed by atoms with Gasteiger partial charge in [-0.15, -0.1) is 11.6 Å². The SMILES string of the molecule is O=C(OC1CC2CC(Cl)CC1N2)c1ccccc1. The summed E-state index contributed by atoms with van der Waals surface area (Å²) in [5.41, 5.74) is 0.612. The van der Waals surface area contributed by atoms with Crippen molar-refractivity contribution in [1.82, 2.24) is 5.32 Å². The molecule has 0 aromatic heterocycles. The number of carbonyl (C=O) groups is 1. The molecule has 2 saturated heterocycles. The van der Waals surface area contributed by atoms with Crippen LogP contribution in [0.25, 0.3) is 0 Å². The molecule has 0 aliphatic carbocycles. The van der Waals surface area contributed by atoms with Crippen LogP contribution in [0, 0.1) is 0 Å². The average molecular weight is 266 g/mol. The van der Waals surface area contributed by atoms with E-state index in [4.69, 9.17) is 16.3 Å². The molecule has 0 spiro atoms. The molecule has 2 aliphatic rings. The van der Waals surface area contributed by atoms with Gasteiger partial charge < -0.3 is 10.1 Å². The Morgan fingerprint density at radius 1 is 1.22 bits per heavy atom. The van der Waals surface area contributed by atoms with Crippen molar-refractivity contribution >= 4 is 17.6 Å². The number of nitrogens with one attached hydrogen (secondary N) is 1. The van der Waals surface area contributed by atoms with Crippen LogP contribution in [0.4, 0.5) is 0 Å². The number of esters is 1. The number of alkyl halides is 1. The number of rotatable bonds is 2. The first kappa shape index (κ1) is 12.0. The van der Waals surface area contributed by atoms with Gasteiger partial charge in [-0.3, -0.25) is 0 Å². The molecule has 96 valence electrons. The fraction of sp³-hybridized carbons (Fsp3) is 0.500. The van der Waals surface area contributed by atoms with Gasteiger partial charge in [-0.05, 0) is 25.0 Å². The van der Waals surface area contributed by atoms with E-state index in [1.807, 2.05) is 18.2 Å². The number of fused-ring (bicyclic) bond motifs is 2. The van der Waals surface area contributed by atoms with Gasteiger partial charge in [0.25, 0.3) is 0 Å². The molecule has 2 aliphatic heterocycles. The lowest BCUT2D eigenvalue weighted by Crippen LogP contribution is -2.42. The van der Waals surface area contributed by atoms with Crippen molar-refractivity contribution in [1.29, 1.82) is 0 Å². The van der Waals surface area contributed by atoms with Crippen LogP contribution in [0.15, 0.2) is 30.3 Å². The number of benzene rings is 1. The molecule has 3 nitrogen and oxygen atoms in total. The molecule has 2 heterocycles. The van der Waals surface area contributed by atoms with Crippen molar-refractivity contribution in [2.75, 3.05) is 0 Å². The molecule has 4 unspecified atom stereocenters. The van der Waals surface area contributed by atoms with E-state index in [-0.39, 0.29) is 23.5 Å². The summed E-state index contributed by atoms with van der Waals surface area (Å²) in [6, 6.07) is 9.76. The predicted octanol–water partition coefficient (Wildman–Crippen LogP) is 2.34. The highest BCUT2D eigenvalue weighted by Crippen LogP contribution is 2.32. The first-order valence-corrected chi connectivity index (χ1v) is 6.82. The maximum Gasteiger partial charge on any atom is 0.338 e. The minimum absolute atomic E-state index is 0.0357. The lowest BCUT2D eigenvalue weighted by molar-refractivity contribution is 0.0271. The van der Waals surface area contributed by atoms with Gasteiger partial charge in [-0.1, -0.05) is 18.2 Å². The summed E-state index contributed by atoms with van der Waals surface area (Å²) in [6.07, 6.45) is 2.70. The molecule has 18 heavy (non-hydrogen) atoms. The molecule has 1 N–H and O–H groups in total. The topological polar surface area (TPSA) is 38.3 Å². The molecule has 2 fully saturated rings. The molecule has 2 bridgehead atoms. The van der Waals surface area contributed by atoms with Crippen LogP contribution >= 0.6 is 11.6 Å².